The van der Waals surface area contributed by atoms with Gasteiger partial charge in [0, 0.05) is 18.8 Å². The Morgan fingerprint density at radius 2 is 1.46 bits per heavy atom. The number of nitrogens with two attached hydrogens (primary N) is 1. The molecule has 0 saturated heterocycles. The summed E-state index contributed by atoms with van der Waals surface area (Å²) in [7, 11) is -4.81. The highest BCUT2D eigenvalue weighted by Crippen LogP contribution is 2.43. The molecule has 0 bridgehead atoms. The fourth-order valence-corrected chi connectivity index (χ4v) is 6.57. The highest BCUT2D eigenvalue weighted by Gasteiger charge is 2.39. The molecular weight excluding hydrogens is 757 g/mol. The first-order chi connectivity index (χ1) is 27.3. The van der Waals surface area contributed by atoms with Gasteiger partial charge in [0.25, 0.3) is 0 Å². The number of hydrogen-bond acceptors (Lipinski definition) is 12. The standard InChI is InChI=1S/C42H68NO13P/c1-3-5-7-8-9-10-11-12-13-14-15-16-17-18-20-26-41(48)56-34(31-54-57(51,52)55-32-37(43)42(49)50)30-53-40(47)25-22-21-24-35-36(39(46)29-38(35)45)28-27-33(44)23-19-6-4-2/h5,7,9-10,12-13,15-16,21-22,27-28,33-39,44-46H,3-4,6,8,11,14,17-20,23-26,29-32,43H2,1-2H3,(H,49,50)(H,51,52)/b7-5-,10-9-,13-12-,16-15-,22-21-,28-27+/t33-,34-,35+,36-,37+,38+,39-/m1/s1. The first-order valence-electron chi connectivity index (χ1n) is 20.2. The van der Waals surface area contributed by atoms with Crippen molar-refractivity contribution in [2.24, 2.45) is 17.6 Å². The molecule has 0 aliphatic heterocycles. The number of carbonyl (C=O) groups excluding carboxylic acids is 2. The number of carboxylic acid groups (broad SMARTS) is 1. The number of phosphoric acid groups is 1. The summed E-state index contributed by atoms with van der Waals surface area (Å²) in [6.07, 6.45) is 29.7. The normalized spacial score (nSPS) is 21.7. The van der Waals surface area contributed by atoms with E-state index in [0.717, 1.165) is 51.4 Å². The zero-order valence-corrected chi connectivity index (χ0v) is 34.6. The molecule has 7 N–H and O–H groups in total. The summed E-state index contributed by atoms with van der Waals surface area (Å²) in [6.45, 7) is 2.17. The quantitative estimate of drug-likeness (QED) is 0.0183. The number of carboxylic acids is 1. The molecule has 0 aromatic carbocycles. The summed E-state index contributed by atoms with van der Waals surface area (Å²) in [5.41, 5.74) is 5.31. The third kappa shape index (κ3) is 26.4. The van der Waals surface area contributed by atoms with Crippen LogP contribution in [0, 0.1) is 11.8 Å². The van der Waals surface area contributed by atoms with E-state index in [1.165, 1.54) is 0 Å². The molecule has 1 aliphatic carbocycles. The van der Waals surface area contributed by atoms with Gasteiger partial charge in [-0.2, -0.15) is 0 Å². The van der Waals surface area contributed by atoms with E-state index in [2.05, 4.69) is 60.9 Å². The molecule has 57 heavy (non-hydrogen) atoms. The van der Waals surface area contributed by atoms with Crippen molar-refractivity contribution in [1.29, 1.82) is 0 Å². The van der Waals surface area contributed by atoms with E-state index in [4.69, 9.17) is 24.8 Å². The lowest BCUT2D eigenvalue weighted by Gasteiger charge is -2.20. The molecule has 1 aliphatic rings. The van der Waals surface area contributed by atoms with Crippen LogP contribution in [0.4, 0.5) is 0 Å². The molecule has 1 unspecified atom stereocenters. The number of unbranched alkanes of at least 4 members (excludes halogenated alkanes) is 4. The maximum atomic E-state index is 12.6. The number of hydrogen-bond donors (Lipinski definition) is 6. The molecule has 14 nitrogen and oxygen atoms in total. The van der Waals surface area contributed by atoms with Crippen molar-refractivity contribution in [3.05, 3.63) is 72.9 Å². The lowest BCUT2D eigenvalue weighted by molar-refractivity contribution is -0.160. The SMILES string of the molecule is CC/C=C\C/C=C\C/C=C\C/C=C\CCCCC(=O)O[C@H](COC(=O)C/C=C\C[C@H]1[C@@H](/C=C/[C@H](O)CCCCC)[C@H](O)C[C@@H]1O)COP(=O)(O)OC[C@H](N)C(=O)O. The zero-order chi connectivity index (χ0) is 42.3. The van der Waals surface area contributed by atoms with Crippen molar-refractivity contribution in [3.63, 3.8) is 0 Å². The van der Waals surface area contributed by atoms with E-state index < -0.39 is 76.0 Å². The van der Waals surface area contributed by atoms with Gasteiger partial charge in [-0.15, -0.1) is 0 Å². The van der Waals surface area contributed by atoms with Gasteiger partial charge >= 0.3 is 25.7 Å². The van der Waals surface area contributed by atoms with Crippen LogP contribution in [0.1, 0.15) is 110 Å². The predicted octanol–water partition coefficient (Wildman–Crippen LogP) is 6.54. The first-order valence-corrected chi connectivity index (χ1v) is 21.7. The van der Waals surface area contributed by atoms with Crippen LogP contribution in [0.5, 0.6) is 0 Å². The van der Waals surface area contributed by atoms with Gasteiger partial charge in [0.1, 0.15) is 12.6 Å². The van der Waals surface area contributed by atoms with Crippen LogP contribution in [0.25, 0.3) is 0 Å². The van der Waals surface area contributed by atoms with Crippen LogP contribution >= 0.6 is 7.82 Å². The number of rotatable bonds is 32. The van der Waals surface area contributed by atoms with Crippen LogP contribution in [0.3, 0.4) is 0 Å². The molecule has 324 valence electrons. The molecule has 0 amide bonds. The molecule has 0 heterocycles. The van der Waals surface area contributed by atoms with Gasteiger partial charge in [-0.1, -0.05) is 106 Å². The van der Waals surface area contributed by atoms with Gasteiger partial charge in [-0.3, -0.25) is 23.4 Å². The largest absolute Gasteiger partial charge is 0.480 e. The summed E-state index contributed by atoms with van der Waals surface area (Å²) >= 11 is 0. The highest BCUT2D eigenvalue weighted by atomic mass is 31.2. The van der Waals surface area contributed by atoms with E-state index >= 15 is 0 Å². The number of ether oxygens (including phenoxy) is 2. The number of phosphoric ester groups is 1. The summed E-state index contributed by atoms with van der Waals surface area (Å²) in [5.74, 6) is -3.46. The lowest BCUT2D eigenvalue weighted by Crippen LogP contribution is -2.34. The number of esters is 2. The molecule has 1 rings (SSSR count). The number of aliphatic hydroxyl groups excluding tert-OH is 3. The molecular formula is C42H68NO13P. The Labute approximate surface area is 338 Å². The van der Waals surface area contributed by atoms with Gasteiger partial charge in [0.15, 0.2) is 6.10 Å². The second-order valence-corrected chi connectivity index (χ2v) is 15.5. The van der Waals surface area contributed by atoms with Crippen molar-refractivity contribution in [3.8, 4) is 0 Å². The van der Waals surface area contributed by atoms with Crippen molar-refractivity contribution in [1.82, 2.24) is 0 Å². The van der Waals surface area contributed by atoms with Gasteiger partial charge in [-0.25, -0.2) is 4.57 Å². The Morgan fingerprint density at radius 3 is 2.11 bits per heavy atom. The first kappa shape index (κ1) is 51.8. The van der Waals surface area contributed by atoms with Crippen molar-refractivity contribution in [2.45, 2.75) is 141 Å². The third-order valence-electron chi connectivity index (χ3n) is 9.04. The molecule has 8 atom stereocenters. The molecule has 15 heteroatoms. The Balaban J connectivity index is 2.63. The van der Waals surface area contributed by atoms with Crippen molar-refractivity contribution in [2.75, 3.05) is 19.8 Å². The second kappa shape index (κ2) is 31.7. The zero-order valence-electron chi connectivity index (χ0n) is 33.7. The average molecular weight is 826 g/mol. The van der Waals surface area contributed by atoms with Gasteiger partial charge in [0.2, 0.25) is 0 Å². The minimum Gasteiger partial charge on any atom is -0.480 e. The van der Waals surface area contributed by atoms with Gasteiger partial charge < -0.3 is 40.5 Å². The van der Waals surface area contributed by atoms with Crippen molar-refractivity contribution >= 4 is 25.7 Å². The molecule has 0 radical (unpaired) electrons. The minimum absolute atomic E-state index is 0.0389. The Bertz CT molecular complexity index is 1360. The van der Waals surface area contributed by atoms with E-state index in [-0.39, 0.29) is 31.1 Å². The molecule has 0 aromatic heterocycles. The maximum Gasteiger partial charge on any atom is 0.472 e. The third-order valence-corrected chi connectivity index (χ3v) is 9.99. The number of aliphatic hydroxyl groups is 3. The predicted molar refractivity (Wildman–Crippen MR) is 219 cm³/mol. The molecule has 0 spiro atoms. The van der Waals surface area contributed by atoms with Gasteiger partial charge in [-0.05, 0) is 63.7 Å². The average Bonchev–Trinajstić information content (AvgIpc) is 3.44. The highest BCUT2D eigenvalue weighted by molar-refractivity contribution is 7.47. The van der Waals surface area contributed by atoms with E-state index in [1.54, 1.807) is 24.3 Å². The Morgan fingerprint density at radius 1 is 0.807 bits per heavy atom. The Hall–Kier alpha value is -3.20. The summed E-state index contributed by atoms with van der Waals surface area (Å²) < 4.78 is 32.5. The van der Waals surface area contributed by atoms with E-state index in [1.807, 2.05) is 6.08 Å². The number of allylic oxidation sites excluding steroid dienone is 9. The van der Waals surface area contributed by atoms with Crippen LogP contribution < -0.4 is 5.73 Å². The molecule has 1 fully saturated rings. The fourth-order valence-electron chi connectivity index (χ4n) is 5.79. The maximum absolute atomic E-state index is 12.6. The van der Waals surface area contributed by atoms with E-state index in [9.17, 15) is 39.2 Å². The smallest absolute Gasteiger partial charge is 0.472 e. The van der Waals surface area contributed by atoms with Crippen molar-refractivity contribution < 1.29 is 62.8 Å². The lowest BCUT2D eigenvalue weighted by atomic mass is 9.89. The topological polar surface area (TPSA) is 232 Å². The van der Waals surface area contributed by atoms with Crippen LogP contribution in [-0.2, 0) is 37.5 Å². The fraction of sp³-hybridized carbons (Fsp3) is 0.643. The molecule has 1 saturated carbocycles. The van der Waals surface area contributed by atoms with Crippen LogP contribution in [-0.4, -0.2) is 93.5 Å². The van der Waals surface area contributed by atoms with Crippen LogP contribution in [0.2, 0.25) is 0 Å². The Kier molecular flexibility index (Phi) is 28.9. The number of aliphatic carboxylic acids is 1. The van der Waals surface area contributed by atoms with E-state index in [0.29, 0.717) is 25.7 Å². The van der Waals surface area contributed by atoms with Gasteiger partial charge in [0.05, 0.1) is 37.9 Å². The van der Waals surface area contributed by atoms with Crippen LogP contribution in [0.15, 0.2) is 72.9 Å². The second-order valence-electron chi connectivity index (χ2n) is 14.0. The summed E-state index contributed by atoms with van der Waals surface area (Å²) in [5, 5.41) is 40.2. The minimum atomic E-state index is -4.81. The molecule has 0 aromatic rings. The monoisotopic (exact) mass is 825 g/mol. The summed E-state index contributed by atoms with van der Waals surface area (Å²) in [4.78, 5) is 46.1. The summed E-state index contributed by atoms with van der Waals surface area (Å²) in [6, 6.07) is -1.58. The number of carbonyl (C=O) groups is 3.